The molecular formula is C18H23NO2S. The number of nitrogens with one attached hydrogen (secondary N) is 1. The third-order valence-corrected chi connectivity index (χ3v) is 5.32. The normalized spacial score (nSPS) is 13.3. The monoisotopic (exact) mass is 317 g/mol. The topological polar surface area (TPSA) is 46.2 Å². The maximum absolute atomic E-state index is 12.5. The van der Waals surface area contributed by atoms with Crippen molar-refractivity contribution in [2.24, 2.45) is 0 Å². The first-order valence-electron chi connectivity index (χ1n) is 7.48. The SMILES string of the molecule is Cc1ccc(C(C)NS(=O)(=O)c2ccc(C(C)C)cc2)cc1. The molecule has 0 aliphatic carbocycles. The van der Waals surface area contributed by atoms with E-state index in [0.717, 1.165) is 16.7 Å². The smallest absolute Gasteiger partial charge is 0.207 e. The van der Waals surface area contributed by atoms with E-state index in [4.69, 9.17) is 0 Å². The summed E-state index contributed by atoms with van der Waals surface area (Å²) in [5.74, 6) is 0.385. The van der Waals surface area contributed by atoms with Crippen LogP contribution in [-0.4, -0.2) is 8.42 Å². The summed E-state index contributed by atoms with van der Waals surface area (Å²) in [6, 6.07) is 14.7. The Kier molecular flexibility index (Phi) is 5.04. The maximum Gasteiger partial charge on any atom is 0.241 e. The fraction of sp³-hybridized carbons (Fsp3) is 0.333. The number of hydrogen-bond acceptors (Lipinski definition) is 2. The molecule has 1 N–H and O–H groups in total. The highest BCUT2D eigenvalue weighted by Gasteiger charge is 2.18. The van der Waals surface area contributed by atoms with Gasteiger partial charge in [-0.2, -0.15) is 0 Å². The predicted octanol–water partition coefficient (Wildman–Crippen LogP) is 4.16. The second-order valence-corrected chi connectivity index (χ2v) is 7.69. The molecule has 4 heteroatoms. The van der Waals surface area contributed by atoms with Crippen LogP contribution in [0.25, 0.3) is 0 Å². The zero-order valence-corrected chi connectivity index (χ0v) is 14.3. The molecule has 0 heterocycles. The van der Waals surface area contributed by atoms with Crippen molar-refractivity contribution in [3.63, 3.8) is 0 Å². The van der Waals surface area contributed by atoms with E-state index >= 15 is 0 Å². The van der Waals surface area contributed by atoms with Crippen LogP contribution in [0.4, 0.5) is 0 Å². The molecule has 0 bridgehead atoms. The Morgan fingerprint density at radius 2 is 1.32 bits per heavy atom. The molecule has 0 aliphatic rings. The lowest BCUT2D eigenvalue weighted by Crippen LogP contribution is -2.26. The van der Waals surface area contributed by atoms with Gasteiger partial charge in [-0.15, -0.1) is 0 Å². The minimum absolute atomic E-state index is 0.268. The van der Waals surface area contributed by atoms with Crippen LogP contribution in [0.5, 0.6) is 0 Å². The van der Waals surface area contributed by atoms with Crippen molar-refractivity contribution in [1.29, 1.82) is 0 Å². The Morgan fingerprint density at radius 1 is 0.818 bits per heavy atom. The van der Waals surface area contributed by atoms with Gasteiger partial charge in [0.1, 0.15) is 0 Å². The highest BCUT2D eigenvalue weighted by atomic mass is 32.2. The van der Waals surface area contributed by atoms with Crippen LogP contribution in [-0.2, 0) is 10.0 Å². The Hall–Kier alpha value is -1.65. The van der Waals surface area contributed by atoms with E-state index in [2.05, 4.69) is 18.6 Å². The largest absolute Gasteiger partial charge is 0.241 e. The number of rotatable bonds is 5. The van der Waals surface area contributed by atoms with Crippen LogP contribution in [0, 0.1) is 6.92 Å². The van der Waals surface area contributed by atoms with Crippen LogP contribution in [0.2, 0.25) is 0 Å². The average molecular weight is 317 g/mol. The quantitative estimate of drug-likeness (QED) is 0.900. The summed E-state index contributed by atoms with van der Waals surface area (Å²) >= 11 is 0. The van der Waals surface area contributed by atoms with Crippen molar-refractivity contribution in [2.75, 3.05) is 0 Å². The Bertz CT molecular complexity index is 717. The van der Waals surface area contributed by atoms with Gasteiger partial charge < -0.3 is 0 Å². The second kappa shape index (κ2) is 6.63. The van der Waals surface area contributed by atoms with Crippen LogP contribution in [0.1, 0.15) is 49.4 Å². The molecule has 0 amide bonds. The molecule has 0 radical (unpaired) electrons. The van der Waals surface area contributed by atoms with Crippen molar-refractivity contribution in [2.45, 2.75) is 44.6 Å². The van der Waals surface area contributed by atoms with Gasteiger partial charge in [-0.1, -0.05) is 55.8 Å². The fourth-order valence-corrected chi connectivity index (χ4v) is 3.49. The maximum atomic E-state index is 12.5. The van der Waals surface area contributed by atoms with Gasteiger partial charge in [0.05, 0.1) is 4.90 Å². The lowest BCUT2D eigenvalue weighted by atomic mass is 10.0. The Morgan fingerprint density at radius 3 is 1.82 bits per heavy atom. The molecule has 0 saturated heterocycles. The number of hydrogen-bond donors (Lipinski definition) is 1. The van der Waals surface area contributed by atoms with E-state index in [9.17, 15) is 8.42 Å². The minimum atomic E-state index is -3.51. The molecule has 3 nitrogen and oxygen atoms in total. The van der Waals surface area contributed by atoms with E-state index in [1.165, 1.54) is 0 Å². The number of sulfonamides is 1. The molecule has 22 heavy (non-hydrogen) atoms. The van der Waals surface area contributed by atoms with Gasteiger partial charge in [0.2, 0.25) is 10.0 Å². The number of benzene rings is 2. The highest BCUT2D eigenvalue weighted by molar-refractivity contribution is 7.89. The van der Waals surface area contributed by atoms with E-state index in [1.807, 2.05) is 50.2 Å². The zero-order chi connectivity index (χ0) is 16.3. The molecule has 2 rings (SSSR count). The molecule has 118 valence electrons. The van der Waals surface area contributed by atoms with Gasteiger partial charge >= 0.3 is 0 Å². The van der Waals surface area contributed by atoms with Gasteiger partial charge in [-0.05, 0) is 43.0 Å². The van der Waals surface area contributed by atoms with Crippen molar-refractivity contribution < 1.29 is 8.42 Å². The molecule has 0 spiro atoms. The summed E-state index contributed by atoms with van der Waals surface area (Å²) in [6.07, 6.45) is 0. The summed E-state index contributed by atoms with van der Waals surface area (Å²) in [6.45, 7) is 8.03. The second-order valence-electron chi connectivity index (χ2n) is 5.98. The Labute approximate surface area is 133 Å². The van der Waals surface area contributed by atoms with Gasteiger partial charge in [-0.25, -0.2) is 13.1 Å². The van der Waals surface area contributed by atoms with Crippen LogP contribution in [0.15, 0.2) is 53.4 Å². The molecule has 2 aromatic rings. The molecule has 0 fully saturated rings. The third-order valence-electron chi connectivity index (χ3n) is 3.77. The summed E-state index contributed by atoms with van der Waals surface area (Å²) in [4.78, 5) is 0.302. The van der Waals surface area contributed by atoms with Crippen molar-refractivity contribution >= 4 is 10.0 Å². The molecule has 1 atom stereocenters. The van der Waals surface area contributed by atoms with Gasteiger partial charge in [0.15, 0.2) is 0 Å². The van der Waals surface area contributed by atoms with E-state index in [-0.39, 0.29) is 6.04 Å². The lowest BCUT2D eigenvalue weighted by Gasteiger charge is -2.15. The first-order valence-corrected chi connectivity index (χ1v) is 8.97. The van der Waals surface area contributed by atoms with E-state index in [1.54, 1.807) is 12.1 Å². The predicted molar refractivity (Wildman–Crippen MR) is 90.4 cm³/mol. The van der Waals surface area contributed by atoms with Gasteiger partial charge in [0, 0.05) is 6.04 Å². The lowest BCUT2D eigenvalue weighted by molar-refractivity contribution is 0.567. The Balaban J connectivity index is 2.18. The molecule has 2 aromatic carbocycles. The first kappa shape index (κ1) is 16.7. The van der Waals surface area contributed by atoms with E-state index in [0.29, 0.717) is 10.8 Å². The first-order chi connectivity index (χ1) is 10.3. The van der Waals surface area contributed by atoms with Crippen LogP contribution in [0.3, 0.4) is 0 Å². The van der Waals surface area contributed by atoms with Crippen LogP contribution >= 0.6 is 0 Å². The summed E-state index contributed by atoms with van der Waals surface area (Å²) < 4.78 is 27.6. The van der Waals surface area contributed by atoms with Crippen molar-refractivity contribution in [1.82, 2.24) is 4.72 Å². The fourth-order valence-electron chi connectivity index (χ4n) is 2.26. The molecule has 0 aliphatic heterocycles. The minimum Gasteiger partial charge on any atom is -0.207 e. The van der Waals surface area contributed by atoms with E-state index < -0.39 is 10.0 Å². The molecule has 0 saturated carbocycles. The average Bonchev–Trinajstić information content (AvgIpc) is 2.47. The third kappa shape index (κ3) is 3.96. The van der Waals surface area contributed by atoms with Crippen molar-refractivity contribution in [3.8, 4) is 0 Å². The zero-order valence-electron chi connectivity index (χ0n) is 13.5. The molecule has 1 unspecified atom stereocenters. The van der Waals surface area contributed by atoms with Crippen LogP contribution < -0.4 is 4.72 Å². The molecule has 0 aromatic heterocycles. The summed E-state index contributed by atoms with van der Waals surface area (Å²) in [7, 11) is -3.51. The standard InChI is InChI=1S/C18H23NO2S/c1-13(2)16-9-11-18(12-10-16)22(20,21)19-15(4)17-7-5-14(3)6-8-17/h5-13,15,19H,1-4H3. The highest BCUT2D eigenvalue weighted by Crippen LogP contribution is 2.20. The summed E-state index contributed by atoms with van der Waals surface area (Å²) in [5.41, 5.74) is 3.24. The summed E-state index contributed by atoms with van der Waals surface area (Å²) in [5, 5.41) is 0. The van der Waals surface area contributed by atoms with Gasteiger partial charge in [-0.3, -0.25) is 0 Å². The number of aryl methyl sites for hydroxylation is 1. The van der Waals surface area contributed by atoms with Gasteiger partial charge in [0.25, 0.3) is 0 Å². The van der Waals surface area contributed by atoms with Crippen molar-refractivity contribution in [3.05, 3.63) is 65.2 Å². The molecular weight excluding hydrogens is 294 g/mol.